The minimum Gasteiger partial charge on any atom is -0.426 e. The smallest absolute Gasteiger partial charge is 0.426 e. The number of ether oxygens (including phenoxy) is 2. The summed E-state index contributed by atoms with van der Waals surface area (Å²) in [6.07, 6.45) is -5.72. The molecule has 2 atom stereocenters. The van der Waals surface area contributed by atoms with Gasteiger partial charge in [0.2, 0.25) is 0 Å². The van der Waals surface area contributed by atoms with Crippen molar-refractivity contribution >= 4 is 28.7 Å². The lowest BCUT2D eigenvalue weighted by molar-refractivity contribution is -0.274. The van der Waals surface area contributed by atoms with Crippen molar-refractivity contribution in [3.63, 3.8) is 0 Å². The van der Waals surface area contributed by atoms with Crippen LogP contribution in [0.4, 0.5) is 18.0 Å². The zero-order valence-corrected chi connectivity index (χ0v) is 19.3. The molecule has 0 N–H and O–H groups in total. The molecule has 8 nitrogen and oxygen atoms in total. The molecule has 0 radical (unpaired) electrons. The molecule has 3 amide bonds. The van der Waals surface area contributed by atoms with Crippen molar-refractivity contribution < 1.29 is 32.2 Å². The Hall–Kier alpha value is -4.28. The highest BCUT2D eigenvalue weighted by atomic mass is 19.4. The second-order valence-corrected chi connectivity index (χ2v) is 8.49. The number of carbonyl (C=O) groups is 2. The van der Waals surface area contributed by atoms with Crippen molar-refractivity contribution in [2.45, 2.75) is 25.1 Å². The topological polar surface area (TPSA) is 74.7 Å². The highest BCUT2D eigenvalue weighted by molar-refractivity contribution is 6.03. The number of fused-ring (bicyclic) bond motifs is 2. The zero-order chi connectivity index (χ0) is 25.6. The van der Waals surface area contributed by atoms with Crippen molar-refractivity contribution in [2.75, 3.05) is 14.1 Å². The number of rotatable bonds is 4. The summed E-state index contributed by atoms with van der Waals surface area (Å²) >= 11 is 0. The fourth-order valence-corrected chi connectivity index (χ4v) is 4.36. The van der Waals surface area contributed by atoms with Crippen LogP contribution in [0, 0.1) is 0 Å². The first-order chi connectivity index (χ1) is 17.1. The normalized spacial score (nSPS) is 20.0. The fourth-order valence-electron chi connectivity index (χ4n) is 4.36. The van der Waals surface area contributed by atoms with E-state index in [1.165, 1.54) is 31.1 Å². The average molecular weight is 498 g/mol. The lowest BCUT2D eigenvalue weighted by Crippen LogP contribution is -2.63. The number of hydrogen-bond acceptors (Lipinski definition) is 6. The van der Waals surface area contributed by atoms with Crippen molar-refractivity contribution in [3.8, 4) is 11.5 Å². The van der Waals surface area contributed by atoms with Gasteiger partial charge < -0.3 is 19.3 Å². The molecule has 11 heteroatoms. The third kappa shape index (κ3) is 4.39. The largest absolute Gasteiger partial charge is 0.573 e. The summed E-state index contributed by atoms with van der Waals surface area (Å²) in [6, 6.07) is 17.3. The summed E-state index contributed by atoms with van der Waals surface area (Å²) in [5.41, 5.74) is 0.856. The number of hydrogen-bond donors (Lipinski definition) is 0. The molecule has 2 unspecified atom stereocenters. The van der Waals surface area contributed by atoms with Crippen LogP contribution in [-0.4, -0.2) is 65.3 Å². The van der Waals surface area contributed by atoms with E-state index in [1.54, 1.807) is 4.90 Å². The van der Waals surface area contributed by atoms with E-state index < -0.39 is 36.3 Å². The van der Waals surface area contributed by atoms with Crippen LogP contribution in [0.2, 0.25) is 0 Å². The van der Waals surface area contributed by atoms with Crippen LogP contribution in [0.3, 0.4) is 0 Å². The molecule has 5 rings (SSSR count). The number of amides is 3. The summed E-state index contributed by atoms with van der Waals surface area (Å²) in [7, 11) is 2.92. The molecule has 0 saturated carbocycles. The van der Waals surface area contributed by atoms with Crippen molar-refractivity contribution in [2.24, 2.45) is 4.99 Å². The quantitative estimate of drug-likeness (QED) is 0.539. The number of carbonyl (C=O) groups excluding carboxylic acids is 2. The van der Waals surface area contributed by atoms with Crippen LogP contribution in [-0.2, 0) is 11.3 Å². The van der Waals surface area contributed by atoms with Gasteiger partial charge in [-0.1, -0.05) is 42.5 Å². The minimum absolute atomic E-state index is 0.00520. The molecule has 36 heavy (non-hydrogen) atoms. The Kier molecular flexibility index (Phi) is 5.70. The predicted octanol–water partition coefficient (Wildman–Crippen LogP) is 4.21. The summed E-state index contributed by atoms with van der Waals surface area (Å²) < 4.78 is 47.9. The van der Waals surface area contributed by atoms with E-state index in [4.69, 9.17) is 4.74 Å². The van der Waals surface area contributed by atoms with E-state index in [2.05, 4.69) is 9.73 Å². The van der Waals surface area contributed by atoms with E-state index >= 15 is 0 Å². The monoisotopic (exact) mass is 498 g/mol. The second-order valence-electron chi connectivity index (χ2n) is 8.49. The summed E-state index contributed by atoms with van der Waals surface area (Å²) in [5, 5.41) is 2.05. The minimum atomic E-state index is -4.86. The van der Waals surface area contributed by atoms with Gasteiger partial charge in [0.1, 0.15) is 11.5 Å². The van der Waals surface area contributed by atoms with E-state index in [-0.39, 0.29) is 18.3 Å². The van der Waals surface area contributed by atoms with E-state index in [0.717, 1.165) is 33.4 Å². The molecule has 0 spiro atoms. The molecule has 3 aromatic rings. The molecule has 1 saturated heterocycles. The van der Waals surface area contributed by atoms with Gasteiger partial charge in [-0.25, -0.2) is 9.79 Å². The number of alkyl halides is 3. The number of amidine groups is 1. The molecule has 2 heterocycles. The number of urea groups is 1. The highest BCUT2D eigenvalue weighted by Gasteiger charge is 2.52. The van der Waals surface area contributed by atoms with Crippen molar-refractivity contribution in [1.29, 1.82) is 0 Å². The summed E-state index contributed by atoms with van der Waals surface area (Å²) in [4.78, 5) is 34.1. The van der Waals surface area contributed by atoms with Crippen molar-refractivity contribution in [3.05, 3.63) is 72.3 Å². The van der Waals surface area contributed by atoms with Crippen LogP contribution in [0.1, 0.15) is 5.56 Å². The van der Waals surface area contributed by atoms with Crippen LogP contribution in [0.25, 0.3) is 10.8 Å². The Bertz CT molecular complexity index is 1380. The number of benzene rings is 3. The van der Waals surface area contributed by atoms with Crippen LogP contribution >= 0.6 is 0 Å². The average Bonchev–Trinajstić information content (AvgIpc) is 3.18. The van der Waals surface area contributed by atoms with Gasteiger partial charge >= 0.3 is 12.4 Å². The first-order valence-corrected chi connectivity index (χ1v) is 11.0. The molecule has 0 aromatic heterocycles. The number of aliphatic imine (C=N–C) groups is 1. The molecule has 2 aliphatic rings. The molecule has 1 fully saturated rings. The highest BCUT2D eigenvalue weighted by Crippen LogP contribution is 2.32. The van der Waals surface area contributed by atoms with Gasteiger partial charge in [0.15, 0.2) is 12.2 Å². The maximum absolute atomic E-state index is 13.1. The second kappa shape index (κ2) is 8.74. The molecule has 2 aliphatic heterocycles. The summed E-state index contributed by atoms with van der Waals surface area (Å²) in [6.45, 7) is 0.213. The lowest BCUT2D eigenvalue weighted by Gasteiger charge is -2.39. The maximum Gasteiger partial charge on any atom is 0.573 e. The SMILES string of the molecule is CN1C(=O)C2C(N=C(Oc3cccc(OC(F)(F)F)c3)N2Cc2ccc3ccccc3c2)N(C)C1=O. The Balaban J connectivity index is 1.49. The molecule has 3 aromatic carbocycles. The van der Waals surface area contributed by atoms with Gasteiger partial charge in [-0.3, -0.25) is 9.69 Å². The van der Waals surface area contributed by atoms with Crippen LogP contribution in [0.15, 0.2) is 71.7 Å². The Morgan fingerprint density at radius 2 is 1.64 bits per heavy atom. The van der Waals surface area contributed by atoms with Gasteiger partial charge in [-0.2, -0.15) is 0 Å². The van der Waals surface area contributed by atoms with Gasteiger partial charge in [-0.15, -0.1) is 13.2 Å². The van der Waals surface area contributed by atoms with Gasteiger partial charge in [0.25, 0.3) is 11.9 Å². The lowest BCUT2D eigenvalue weighted by atomic mass is 10.1. The van der Waals surface area contributed by atoms with Gasteiger partial charge in [0.05, 0.1) is 0 Å². The van der Waals surface area contributed by atoms with E-state index in [1.807, 2.05) is 42.5 Å². The van der Waals surface area contributed by atoms with Gasteiger partial charge in [0, 0.05) is 26.7 Å². The first-order valence-electron chi connectivity index (χ1n) is 11.0. The fraction of sp³-hybridized carbons (Fsp3) is 0.240. The molecular weight excluding hydrogens is 477 g/mol. The first kappa shape index (κ1) is 23.5. The number of nitrogens with zero attached hydrogens (tertiary/aromatic N) is 4. The zero-order valence-electron chi connectivity index (χ0n) is 19.3. The van der Waals surface area contributed by atoms with E-state index in [9.17, 15) is 22.8 Å². The van der Waals surface area contributed by atoms with Crippen molar-refractivity contribution in [1.82, 2.24) is 14.7 Å². The Morgan fingerprint density at radius 3 is 2.39 bits per heavy atom. The predicted molar refractivity (Wildman–Crippen MR) is 124 cm³/mol. The number of likely N-dealkylation sites (N-methyl/N-ethyl adjacent to an activating group) is 2. The Morgan fingerprint density at radius 1 is 0.917 bits per heavy atom. The molecule has 0 aliphatic carbocycles. The number of imide groups is 1. The van der Waals surface area contributed by atoms with E-state index in [0.29, 0.717) is 0 Å². The number of halogens is 3. The van der Waals surface area contributed by atoms with Gasteiger partial charge in [-0.05, 0) is 34.5 Å². The molecule has 186 valence electrons. The third-order valence-electron chi connectivity index (χ3n) is 6.09. The molecular formula is C25H21F3N4O4. The third-order valence-corrected chi connectivity index (χ3v) is 6.09. The van der Waals surface area contributed by atoms with Crippen LogP contribution in [0.5, 0.6) is 11.5 Å². The summed E-state index contributed by atoms with van der Waals surface area (Å²) in [5.74, 6) is -0.881. The standard InChI is InChI=1S/C25H21F3N4O4/c1-30-21-20(22(33)31(2)24(30)34)32(14-15-10-11-16-6-3-4-7-17(16)12-15)23(29-21)35-18-8-5-9-19(13-18)36-25(26,27)28/h3-13,20-21H,14H2,1-2H3. The molecule has 0 bridgehead atoms. The van der Waals surface area contributed by atoms with Crippen LogP contribution < -0.4 is 9.47 Å². The Labute approximate surface area is 204 Å². The maximum atomic E-state index is 13.1.